The Bertz CT molecular complexity index is 230. The van der Waals surface area contributed by atoms with Gasteiger partial charge in [0.15, 0.2) is 0 Å². The van der Waals surface area contributed by atoms with Crippen LogP contribution in [0.1, 0.15) is 25.8 Å². The highest BCUT2D eigenvalue weighted by molar-refractivity contribution is 5.15. The molecule has 0 aliphatic rings. The van der Waals surface area contributed by atoms with Gasteiger partial charge in [-0.05, 0) is 37.4 Å². The highest BCUT2D eigenvalue weighted by atomic mass is 14.8. The molecule has 1 N–H and O–H groups in total. The minimum Gasteiger partial charge on any atom is -0.316 e. The van der Waals surface area contributed by atoms with E-state index in [0.29, 0.717) is 0 Å². The zero-order chi connectivity index (χ0) is 10.2. The number of hydrogen-bond acceptors (Lipinski definition) is 1. The first-order valence-electron chi connectivity index (χ1n) is 5.57. The first-order chi connectivity index (χ1) is 6.83. The first kappa shape index (κ1) is 11.3. The summed E-state index contributed by atoms with van der Waals surface area (Å²) in [7, 11) is 0. The Morgan fingerprint density at radius 3 is 2.57 bits per heavy atom. The van der Waals surface area contributed by atoms with Gasteiger partial charge in [-0.2, -0.15) is 0 Å². The van der Waals surface area contributed by atoms with Gasteiger partial charge >= 0.3 is 0 Å². The molecule has 0 bridgehead atoms. The molecule has 1 atom stereocenters. The van der Waals surface area contributed by atoms with Crippen LogP contribution in [0.5, 0.6) is 0 Å². The predicted octanol–water partition coefficient (Wildman–Crippen LogP) is 2.86. The summed E-state index contributed by atoms with van der Waals surface area (Å²) in [5, 5.41) is 3.46. The van der Waals surface area contributed by atoms with Crippen molar-refractivity contribution in [2.24, 2.45) is 5.92 Å². The van der Waals surface area contributed by atoms with Crippen molar-refractivity contribution in [1.29, 1.82) is 0 Å². The SMILES string of the molecule is CCCNCC(C)Cc1ccccc1. The fourth-order valence-electron chi connectivity index (χ4n) is 1.61. The monoisotopic (exact) mass is 191 g/mol. The van der Waals surface area contributed by atoms with E-state index in [4.69, 9.17) is 0 Å². The summed E-state index contributed by atoms with van der Waals surface area (Å²) >= 11 is 0. The van der Waals surface area contributed by atoms with E-state index in [0.717, 1.165) is 19.0 Å². The zero-order valence-electron chi connectivity index (χ0n) is 9.29. The molecule has 0 heterocycles. The van der Waals surface area contributed by atoms with Gasteiger partial charge < -0.3 is 5.32 Å². The van der Waals surface area contributed by atoms with Crippen LogP contribution in [0.15, 0.2) is 30.3 Å². The van der Waals surface area contributed by atoms with Crippen LogP contribution in [0.25, 0.3) is 0 Å². The number of nitrogens with one attached hydrogen (secondary N) is 1. The van der Waals surface area contributed by atoms with Crippen molar-refractivity contribution in [3.05, 3.63) is 35.9 Å². The third kappa shape index (κ3) is 4.43. The number of benzene rings is 1. The average molecular weight is 191 g/mol. The second-order valence-electron chi connectivity index (χ2n) is 4.00. The van der Waals surface area contributed by atoms with Gasteiger partial charge in [0.1, 0.15) is 0 Å². The fourth-order valence-corrected chi connectivity index (χ4v) is 1.61. The lowest BCUT2D eigenvalue weighted by Gasteiger charge is -2.11. The molecule has 0 amide bonds. The normalized spacial score (nSPS) is 12.7. The predicted molar refractivity (Wildman–Crippen MR) is 62.5 cm³/mol. The van der Waals surface area contributed by atoms with Gasteiger partial charge in [0.2, 0.25) is 0 Å². The van der Waals surface area contributed by atoms with Crippen LogP contribution in [-0.4, -0.2) is 13.1 Å². The molecule has 0 spiro atoms. The lowest BCUT2D eigenvalue weighted by atomic mass is 10.0. The van der Waals surface area contributed by atoms with Crippen LogP contribution in [0.3, 0.4) is 0 Å². The zero-order valence-corrected chi connectivity index (χ0v) is 9.29. The van der Waals surface area contributed by atoms with Crippen LogP contribution in [0.2, 0.25) is 0 Å². The van der Waals surface area contributed by atoms with Crippen molar-refractivity contribution in [2.75, 3.05) is 13.1 Å². The van der Waals surface area contributed by atoms with E-state index in [1.54, 1.807) is 0 Å². The smallest absolute Gasteiger partial charge is 0.00200 e. The molecule has 1 heteroatoms. The molecule has 1 nitrogen and oxygen atoms in total. The lowest BCUT2D eigenvalue weighted by Crippen LogP contribution is -2.23. The minimum absolute atomic E-state index is 0.726. The molecular formula is C13H21N. The molecule has 0 saturated heterocycles. The van der Waals surface area contributed by atoms with Crippen LogP contribution in [0.4, 0.5) is 0 Å². The summed E-state index contributed by atoms with van der Waals surface area (Å²) in [5.41, 5.74) is 1.44. The highest BCUT2D eigenvalue weighted by Crippen LogP contribution is 2.06. The van der Waals surface area contributed by atoms with Crippen molar-refractivity contribution in [1.82, 2.24) is 5.32 Å². The summed E-state index contributed by atoms with van der Waals surface area (Å²) in [6, 6.07) is 10.7. The van der Waals surface area contributed by atoms with E-state index in [9.17, 15) is 0 Å². The number of hydrogen-bond donors (Lipinski definition) is 1. The van der Waals surface area contributed by atoms with Crippen LogP contribution in [-0.2, 0) is 6.42 Å². The molecule has 1 unspecified atom stereocenters. The van der Waals surface area contributed by atoms with E-state index in [-0.39, 0.29) is 0 Å². The van der Waals surface area contributed by atoms with E-state index in [1.165, 1.54) is 18.4 Å². The van der Waals surface area contributed by atoms with Gasteiger partial charge in [-0.25, -0.2) is 0 Å². The standard InChI is InChI=1S/C13H21N/c1-3-9-14-11-12(2)10-13-7-5-4-6-8-13/h4-8,12,14H,3,9-11H2,1-2H3. The van der Waals surface area contributed by atoms with Crippen molar-refractivity contribution in [3.63, 3.8) is 0 Å². The molecule has 0 aromatic heterocycles. The van der Waals surface area contributed by atoms with Gasteiger partial charge in [0.25, 0.3) is 0 Å². The Kier molecular flexibility index (Phi) is 5.31. The molecule has 0 fully saturated rings. The fraction of sp³-hybridized carbons (Fsp3) is 0.538. The molecule has 1 aromatic rings. The van der Waals surface area contributed by atoms with E-state index in [2.05, 4.69) is 49.5 Å². The van der Waals surface area contributed by atoms with Gasteiger partial charge in [-0.1, -0.05) is 44.2 Å². The topological polar surface area (TPSA) is 12.0 Å². The maximum Gasteiger partial charge on any atom is -0.00200 e. The van der Waals surface area contributed by atoms with Crippen LogP contribution < -0.4 is 5.32 Å². The Labute approximate surface area is 87.5 Å². The Balaban J connectivity index is 2.23. The summed E-state index contributed by atoms with van der Waals surface area (Å²) in [5.74, 6) is 0.726. The maximum absolute atomic E-state index is 3.46. The molecule has 78 valence electrons. The Morgan fingerprint density at radius 2 is 1.93 bits per heavy atom. The number of rotatable bonds is 6. The molecular weight excluding hydrogens is 170 g/mol. The molecule has 0 aliphatic heterocycles. The molecule has 0 saturated carbocycles. The van der Waals surface area contributed by atoms with E-state index < -0.39 is 0 Å². The summed E-state index contributed by atoms with van der Waals surface area (Å²) in [6.07, 6.45) is 2.40. The largest absolute Gasteiger partial charge is 0.316 e. The molecule has 1 aromatic carbocycles. The molecule has 0 aliphatic carbocycles. The van der Waals surface area contributed by atoms with Crippen molar-refractivity contribution in [3.8, 4) is 0 Å². The van der Waals surface area contributed by atoms with Gasteiger partial charge in [-0.15, -0.1) is 0 Å². The minimum atomic E-state index is 0.726. The van der Waals surface area contributed by atoms with Crippen LogP contribution >= 0.6 is 0 Å². The van der Waals surface area contributed by atoms with Gasteiger partial charge in [-0.3, -0.25) is 0 Å². The average Bonchev–Trinajstić information content (AvgIpc) is 2.20. The second-order valence-corrected chi connectivity index (χ2v) is 4.00. The van der Waals surface area contributed by atoms with E-state index in [1.807, 2.05) is 0 Å². The Morgan fingerprint density at radius 1 is 1.21 bits per heavy atom. The third-order valence-corrected chi connectivity index (χ3v) is 2.35. The molecule has 14 heavy (non-hydrogen) atoms. The Hall–Kier alpha value is -0.820. The second kappa shape index (κ2) is 6.61. The van der Waals surface area contributed by atoms with Gasteiger partial charge in [0.05, 0.1) is 0 Å². The quantitative estimate of drug-likeness (QED) is 0.682. The van der Waals surface area contributed by atoms with Crippen molar-refractivity contribution >= 4 is 0 Å². The van der Waals surface area contributed by atoms with Crippen LogP contribution in [0, 0.1) is 5.92 Å². The van der Waals surface area contributed by atoms with E-state index >= 15 is 0 Å². The molecule has 1 rings (SSSR count). The summed E-state index contributed by atoms with van der Waals surface area (Å²) < 4.78 is 0. The molecule has 0 radical (unpaired) electrons. The lowest BCUT2D eigenvalue weighted by molar-refractivity contribution is 0.511. The third-order valence-electron chi connectivity index (χ3n) is 2.35. The van der Waals surface area contributed by atoms with Crippen molar-refractivity contribution in [2.45, 2.75) is 26.7 Å². The maximum atomic E-state index is 3.46. The van der Waals surface area contributed by atoms with Gasteiger partial charge in [0, 0.05) is 0 Å². The summed E-state index contributed by atoms with van der Waals surface area (Å²) in [4.78, 5) is 0. The summed E-state index contributed by atoms with van der Waals surface area (Å²) in [6.45, 7) is 6.77. The first-order valence-corrected chi connectivity index (χ1v) is 5.57. The van der Waals surface area contributed by atoms with Crippen molar-refractivity contribution < 1.29 is 0 Å². The highest BCUT2D eigenvalue weighted by Gasteiger charge is 2.01.